The van der Waals surface area contributed by atoms with Crippen LogP contribution < -0.4 is 15.5 Å². The Morgan fingerprint density at radius 2 is 2.00 bits per heavy atom. The largest absolute Gasteiger partial charge is 0.497 e. The lowest BCUT2D eigenvalue weighted by atomic mass is 9.97. The second kappa shape index (κ2) is 11.9. The quantitative estimate of drug-likeness (QED) is 0.469. The summed E-state index contributed by atoms with van der Waals surface area (Å²) in [7, 11) is -2.37. The molecule has 1 aliphatic heterocycles. The molecule has 0 aliphatic carbocycles. The summed E-state index contributed by atoms with van der Waals surface area (Å²) < 4.78 is 30.7. The molecule has 0 spiro atoms. The van der Waals surface area contributed by atoms with Gasteiger partial charge in [-0.2, -0.15) is 0 Å². The number of nitrogens with zero attached hydrogens (tertiary/aromatic N) is 2. The number of rotatable bonds is 8. The van der Waals surface area contributed by atoms with Gasteiger partial charge in [0.2, 0.25) is 21.7 Å². The molecule has 3 rings (SSSR count). The number of carbonyl (C=O) groups is 2. The highest BCUT2D eigenvalue weighted by Crippen LogP contribution is 2.22. The summed E-state index contributed by atoms with van der Waals surface area (Å²) in [5, 5.41) is 13.3. The molecule has 0 saturated carbocycles. The molecule has 2 aromatic rings. The Balaban J connectivity index is 0.00000385. The number of hydrogen-bond acceptors (Lipinski definition) is 8. The van der Waals surface area contributed by atoms with Crippen LogP contribution in [-0.4, -0.2) is 49.3 Å². The molecule has 12 heteroatoms. The molecule has 1 aromatic carbocycles. The molecule has 2 amide bonds. The topological polar surface area (TPSA) is 138 Å². The normalized spacial score (nSPS) is 16.3. The maximum absolute atomic E-state index is 12.8. The van der Waals surface area contributed by atoms with E-state index in [1.165, 1.54) is 31.5 Å². The number of pyridine rings is 1. The Labute approximate surface area is 198 Å². The van der Waals surface area contributed by atoms with Gasteiger partial charge in [0.05, 0.1) is 18.6 Å². The van der Waals surface area contributed by atoms with Gasteiger partial charge < -0.3 is 10.1 Å². The summed E-state index contributed by atoms with van der Waals surface area (Å²) in [6.45, 7) is 0.395. The van der Waals surface area contributed by atoms with Crippen LogP contribution in [0.3, 0.4) is 0 Å². The van der Waals surface area contributed by atoms with Gasteiger partial charge in [-0.25, -0.2) is 13.4 Å². The zero-order valence-electron chi connectivity index (χ0n) is 18.1. The first-order valence-corrected chi connectivity index (χ1v) is 11.6. The molecule has 1 saturated heterocycles. The van der Waals surface area contributed by atoms with Crippen LogP contribution in [0.5, 0.6) is 5.75 Å². The van der Waals surface area contributed by atoms with E-state index in [4.69, 9.17) is 4.74 Å². The molecule has 0 bridgehead atoms. The lowest BCUT2D eigenvalue weighted by molar-refractivity contribution is -0.166. The summed E-state index contributed by atoms with van der Waals surface area (Å²) in [5.41, 5.74) is 2.81. The Hall–Kier alpha value is -2.73. The fourth-order valence-electron chi connectivity index (χ4n) is 3.42. The van der Waals surface area contributed by atoms with E-state index in [2.05, 4.69) is 15.7 Å². The predicted octanol–water partition coefficient (Wildman–Crippen LogP) is 1.87. The van der Waals surface area contributed by atoms with Gasteiger partial charge in [0, 0.05) is 25.6 Å². The number of methoxy groups -OCH3 is 1. The van der Waals surface area contributed by atoms with E-state index >= 15 is 0 Å². The minimum atomic E-state index is -3.86. The number of ether oxygens (including phenoxy) is 1. The number of benzene rings is 1. The van der Waals surface area contributed by atoms with Crippen molar-refractivity contribution < 1.29 is 28.0 Å². The van der Waals surface area contributed by atoms with Crippen molar-refractivity contribution >= 4 is 34.1 Å². The first kappa shape index (κ1) is 26.5. The van der Waals surface area contributed by atoms with E-state index in [1.54, 1.807) is 18.2 Å². The maximum atomic E-state index is 12.8. The molecule has 1 unspecified atom stereocenters. The van der Waals surface area contributed by atoms with E-state index in [0.29, 0.717) is 42.3 Å². The van der Waals surface area contributed by atoms with E-state index in [0.717, 1.165) is 0 Å². The van der Waals surface area contributed by atoms with Gasteiger partial charge in [-0.3, -0.25) is 20.2 Å². The van der Waals surface area contributed by atoms with Gasteiger partial charge in [0.15, 0.2) is 5.03 Å². The maximum Gasteiger partial charge on any atom is 0.236 e. The van der Waals surface area contributed by atoms with Crippen molar-refractivity contribution in [3.63, 3.8) is 0 Å². The van der Waals surface area contributed by atoms with Crippen molar-refractivity contribution in [2.45, 2.75) is 42.1 Å². The number of nitrogens with one attached hydrogen (secondary N) is 2. The molecule has 1 fully saturated rings. The highest BCUT2D eigenvalue weighted by atomic mass is 35.5. The average molecular weight is 499 g/mol. The van der Waals surface area contributed by atoms with Crippen LogP contribution in [-0.2, 0) is 26.0 Å². The molecule has 1 aliphatic rings. The molecule has 0 radical (unpaired) electrons. The standard InChI is InChI=1S/C21H26N4O6S.ClH/c1-31-17-3-5-18(6-4-17)32(29,30)21-13-16(9-11-23-21)14-25(28)24-20(27)12-15-2-7-19(26)22-10-8-15;/h3-6,9,11,13,15,28H,2,7-8,10,12,14H2,1H3,(H,22,26)(H,24,27);1H. The monoisotopic (exact) mass is 498 g/mol. The lowest BCUT2D eigenvalue weighted by Crippen LogP contribution is -2.40. The van der Waals surface area contributed by atoms with Crippen molar-refractivity contribution in [2.24, 2.45) is 5.92 Å². The number of hydroxylamine groups is 1. The number of amides is 2. The number of carbonyl (C=O) groups excluding carboxylic acids is 2. The molecule has 180 valence electrons. The van der Waals surface area contributed by atoms with Crippen LogP contribution in [0.4, 0.5) is 0 Å². The van der Waals surface area contributed by atoms with Gasteiger partial charge in [0.1, 0.15) is 5.75 Å². The Kier molecular flexibility index (Phi) is 9.59. The molecule has 1 aromatic heterocycles. The second-order valence-corrected chi connectivity index (χ2v) is 9.42. The molecule has 3 N–H and O–H groups in total. The number of hydrazine groups is 1. The first-order valence-electron chi connectivity index (χ1n) is 10.1. The zero-order chi connectivity index (χ0) is 23.1. The molecular weight excluding hydrogens is 472 g/mol. The van der Waals surface area contributed by atoms with Crippen LogP contribution in [0.1, 0.15) is 31.2 Å². The third-order valence-corrected chi connectivity index (χ3v) is 6.83. The molecular formula is C21H27ClN4O6S. The van der Waals surface area contributed by atoms with Crippen LogP contribution in [0, 0.1) is 5.92 Å². The number of sulfone groups is 1. The van der Waals surface area contributed by atoms with Gasteiger partial charge >= 0.3 is 0 Å². The average Bonchev–Trinajstić information content (AvgIpc) is 2.97. The van der Waals surface area contributed by atoms with Gasteiger partial charge in [-0.05, 0) is 60.7 Å². The number of aromatic nitrogens is 1. The lowest BCUT2D eigenvalue weighted by Gasteiger charge is -2.18. The minimum absolute atomic E-state index is 0. The minimum Gasteiger partial charge on any atom is -0.497 e. The summed E-state index contributed by atoms with van der Waals surface area (Å²) in [6.07, 6.45) is 3.20. The summed E-state index contributed by atoms with van der Waals surface area (Å²) in [4.78, 5) is 27.6. The van der Waals surface area contributed by atoms with Crippen molar-refractivity contribution in [3.05, 3.63) is 48.2 Å². The Morgan fingerprint density at radius 3 is 2.70 bits per heavy atom. The summed E-state index contributed by atoms with van der Waals surface area (Å²) >= 11 is 0. The van der Waals surface area contributed by atoms with E-state index in [1.807, 2.05) is 0 Å². The van der Waals surface area contributed by atoms with Crippen molar-refractivity contribution in [1.29, 1.82) is 0 Å². The third-order valence-electron chi connectivity index (χ3n) is 5.16. The SMILES string of the molecule is COc1ccc(S(=O)(=O)c2cc(CN(O)NC(=O)CC3CCNC(=O)CC3)ccn2)cc1.Cl. The van der Waals surface area contributed by atoms with Gasteiger partial charge in [0.25, 0.3) is 0 Å². The molecule has 1 atom stereocenters. The van der Waals surface area contributed by atoms with Crippen molar-refractivity contribution in [1.82, 2.24) is 20.9 Å². The zero-order valence-corrected chi connectivity index (χ0v) is 19.7. The van der Waals surface area contributed by atoms with Crippen molar-refractivity contribution in [2.75, 3.05) is 13.7 Å². The van der Waals surface area contributed by atoms with Gasteiger partial charge in [-0.15, -0.1) is 12.4 Å². The van der Waals surface area contributed by atoms with E-state index in [-0.39, 0.29) is 53.0 Å². The highest BCUT2D eigenvalue weighted by Gasteiger charge is 2.22. The molecule has 10 nitrogen and oxygen atoms in total. The number of halogens is 1. The summed E-state index contributed by atoms with van der Waals surface area (Å²) in [5.74, 6) is 0.176. The van der Waals surface area contributed by atoms with Crippen molar-refractivity contribution in [3.8, 4) is 5.75 Å². The molecule has 2 heterocycles. The van der Waals surface area contributed by atoms with Gasteiger partial charge in [-0.1, -0.05) is 5.17 Å². The fraction of sp³-hybridized carbons (Fsp3) is 0.381. The fourth-order valence-corrected chi connectivity index (χ4v) is 4.67. The summed E-state index contributed by atoms with van der Waals surface area (Å²) in [6, 6.07) is 8.84. The highest BCUT2D eigenvalue weighted by molar-refractivity contribution is 7.91. The van der Waals surface area contributed by atoms with Crippen LogP contribution in [0.2, 0.25) is 0 Å². The van der Waals surface area contributed by atoms with Crippen LogP contribution in [0.25, 0.3) is 0 Å². The van der Waals surface area contributed by atoms with Crippen LogP contribution >= 0.6 is 12.4 Å². The van der Waals surface area contributed by atoms with E-state index in [9.17, 15) is 23.2 Å². The smallest absolute Gasteiger partial charge is 0.236 e. The predicted molar refractivity (Wildman–Crippen MR) is 120 cm³/mol. The van der Waals surface area contributed by atoms with E-state index < -0.39 is 9.84 Å². The van der Waals surface area contributed by atoms with Crippen LogP contribution in [0.15, 0.2) is 52.5 Å². The Bertz CT molecular complexity index is 1060. The Morgan fingerprint density at radius 1 is 1.27 bits per heavy atom. The first-order chi connectivity index (χ1) is 15.3. The molecule has 33 heavy (non-hydrogen) atoms. The second-order valence-electron chi connectivity index (χ2n) is 7.52. The number of hydrogen-bond donors (Lipinski definition) is 3. The third kappa shape index (κ3) is 7.39.